The van der Waals surface area contributed by atoms with Gasteiger partial charge in [0, 0.05) is 6.07 Å². The Morgan fingerprint density at radius 1 is 1.35 bits per heavy atom. The minimum atomic E-state index is -0.956. The van der Waals surface area contributed by atoms with Crippen molar-refractivity contribution in [3.63, 3.8) is 0 Å². The summed E-state index contributed by atoms with van der Waals surface area (Å²) in [6, 6.07) is 1.78. The van der Waals surface area contributed by atoms with Crippen LogP contribution in [-0.2, 0) is 0 Å². The number of thiocarbonyl (C=S) groups is 1. The predicted octanol–water partition coefficient (Wildman–Crippen LogP) is 1.88. The number of carbonyl (C=O) groups excluding carboxylic acids is 1. The van der Waals surface area contributed by atoms with Crippen LogP contribution in [0.4, 0.5) is 14.6 Å². The van der Waals surface area contributed by atoms with Crippen molar-refractivity contribution in [3.05, 3.63) is 46.7 Å². The Balaban J connectivity index is 2.31. The number of aryl methyl sites for hydroxylation is 1. The van der Waals surface area contributed by atoms with Crippen LogP contribution in [0.3, 0.4) is 0 Å². The molecule has 8 heteroatoms. The van der Waals surface area contributed by atoms with E-state index in [-0.39, 0.29) is 21.9 Å². The van der Waals surface area contributed by atoms with Gasteiger partial charge in [-0.15, -0.1) is 0 Å². The fourth-order valence-corrected chi connectivity index (χ4v) is 1.74. The third-order valence-corrected chi connectivity index (χ3v) is 2.86. The van der Waals surface area contributed by atoms with E-state index in [2.05, 4.69) is 15.5 Å². The van der Waals surface area contributed by atoms with Gasteiger partial charge in [-0.1, -0.05) is 12.2 Å². The Morgan fingerprint density at radius 2 is 2.05 bits per heavy atom. The number of amides is 1. The van der Waals surface area contributed by atoms with Gasteiger partial charge in [-0.05, 0) is 18.6 Å². The number of H-pyrrole nitrogens is 1. The number of nitrogens with zero attached hydrogens (tertiary/aromatic N) is 1. The van der Waals surface area contributed by atoms with Gasteiger partial charge < -0.3 is 11.1 Å². The molecule has 2 rings (SSSR count). The molecule has 1 aromatic heterocycles. The number of anilines is 1. The zero-order valence-electron chi connectivity index (χ0n) is 10.3. The number of nitrogens with one attached hydrogen (secondary N) is 2. The lowest BCUT2D eigenvalue weighted by atomic mass is 10.1. The second-order valence-electron chi connectivity index (χ2n) is 4.06. The van der Waals surface area contributed by atoms with E-state index in [4.69, 9.17) is 18.0 Å². The van der Waals surface area contributed by atoms with Gasteiger partial charge in [0.15, 0.2) is 0 Å². The maximum Gasteiger partial charge on any atom is 0.259 e. The van der Waals surface area contributed by atoms with Gasteiger partial charge in [0.1, 0.15) is 22.4 Å². The zero-order valence-corrected chi connectivity index (χ0v) is 11.1. The number of benzene rings is 1. The normalized spacial score (nSPS) is 10.3. The molecule has 0 radical (unpaired) electrons. The van der Waals surface area contributed by atoms with E-state index in [1.807, 2.05) is 0 Å². The molecule has 0 fully saturated rings. The highest BCUT2D eigenvalue weighted by Gasteiger charge is 2.17. The van der Waals surface area contributed by atoms with E-state index in [1.165, 1.54) is 13.1 Å². The fraction of sp³-hybridized carbons (Fsp3) is 0.0833. The highest BCUT2D eigenvalue weighted by atomic mass is 32.1. The van der Waals surface area contributed by atoms with Crippen molar-refractivity contribution in [3.8, 4) is 0 Å². The smallest absolute Gasteiger partial charge is 0.259 e. The molecule has 1 aromatic carbocycles. The Morgan fingerprint density at radius 3 is 2.70 bits per heavy atom. The van der Waals surface area contributed by atoms with Crippen LogP contribution in [0, 0.1) is 18.6 Å². The van der Waals surface area contributed by atoms with Gasteiger partial charge in [-0.2, -0.15) is 5.10 Å². The highest BCUT2D eigenvalue weighted by molar-refractivity contribution is 7.80. The number of hydrogen-bond donors (Lipinski definition) is 3. The van der Waals surface area contributed by atoms with Crippen molar-refractivity contribution in [2.24, 2.45) is 5.73 Å². The van der Waals surface area contributed by atoms with Crippen molar-refractivity contribution in [1.29, 1.82) is 0 Å². The molecule has 0 atom stereocenters. The van der Waals surface area contributed by atoms with Crippen molar-refractivity contribution in [2.75, 3.05) is 5.32 Å². The van der Waals surface area contributed by atoms with Crippen LogP contribution < -0.4 is 11.1 Å². The molecule has 2 aromatic rings. The van der Waals surface area contributed by atoms with Crippen LogP contribution in [0.15, 0.2) is 18.3 Å². The standard InChI is InChI=1S/C12H10F2N4OS/c1-5-2-6(9(14)3-8(5)13)12(19)17-11-7(10(15)20)4-16-18-11/h2-4H,1H3,(H2,15,20)(H2,16,17,18,19). The summed E-state index contributed by atoms with van der Waals surface area (Å²) in [4.78, 5) is 12.0. The number of rotatable bonds is 3. The zero-order chi connectivity index (χ0) is 14.9. The van der Waals surface area contributed by atoms with E-state index in [0.29, 0.717) is 11.6 Å². The summed E-state index contributed by atoms with van der Waals surface area (Å²) in [5, 5.41) is 8.56. The van der Waals surface area contributed by atoms with Crippen molar-refractivity contribution in [1.82, 2.24) is 10.2 Å². The summed E-state index contributed by atoms with van der Waals surface area (Å²) < 4.78 is 26.7. The molecule has 0 aliphatic rings. The topological polar surface area (TPSA) is 83.8 Å². The molecule has 0 bridgehead atoms. The maximum atomic E-state index is 13.6. The lowest BCUT2D eigenvalue weighted by Gasteiger charge is -2.07. The largest absolute Gasteiger partial charge is 0.389 e. The van der Waals surface area contributed by atoms with E-state index >= 15 is 0 Å². The Hall–Kier alpha value is -2.35. The second kappa shape index (κ2) is 5.33. The summed E-state index contributed by atoms with van der Waals surface area (Å²) in [6.07, 6.45) is 1.34. The second-order valence-corrected chi connectivity index (χ2v) is 4.50. The monoisotopic (exact) mass is 296 g/mol. The third-order valence-electron chi connectivity index (χ3n) is 2.64. The molecule has 4 N–H and O–H groups in total. The summed E-state index contributed by atoms with van der Waals surface area (Å²) in [5.41, 5.74) is 5.65. The molecule has 0 saturated carbocycles. The number of aromatic amines is 1. The van der Waals surface area contributed by atoms with Gasteiger partial charge >= 0.3 is 0 Å². The average Bonchev–Trinajstić information content (AvgIpc) is 2.81. The summed E-state index contributed by atoms with van der Waals surface area (Å²) in [7, 11) is 0. The van der Waals surface area contributed by atoms with Crippen LogP contribution in [0.2, 0.25) is 0 Å². The Kier molecular flexibility index (Phi) is 3.75. The predicted molar refractivity (Wildman–Crippen MR) is 73.5 cm³/mol. The molecular weight excluding hydrogens is 286 g/mol. The Bertz CT molecular complexity index is 699. The van der Waals surface area contributed by atoms with E-state index < -0.39 is 17.5 Å². The maximum absolute atomic E-state index is 13.6. The third kappa shape index (κ3) is 2.64. The molecule has 20 heavy (non-hydrogen) atoms. The molecule has 0 aliphatic heterocycles. The van der Waals surface area contributed by atoms with Crippen molar-refractivity contribution < 1.29 is 13.6 Å². The summed E-state index contributed by atoms with van der Waals surface area (Å²) >= 11 is 4.78. The lowest BCUT2D eigenvalue weighted by molar-refractivity contribution is 0.102. The molecule has 1 heterocycles. The summed E-state index contributed by atoms with van der Waals surface area (Å²) in [6.45, 7) is 1.43. The van der Waals surface area contributed by atoms with Gasteiger partial charge in [-0.3, -0.25) is 9.89 Å². The minimum absolute atomic E-state index is 0.0322. The first kappa shape index (κ1) is 14.1. The van der Waals surface area contributed by atoms with Gasteiger partial charge in [0.25, 0.3) is 5.91 Å². The van der Waals surface area contributed by atoms with Crippen LogP contribution in [0.1, 0.15) is 21.5 Å². The van der Waals surface area contributed by atoms with Crippen LogP contribution in [0.25, 0.3) is 0 Å². The number of halogens is 2. The fourth-order valence-electron chi connectivity index (χ4n) is 1.58. The average molecular weight is 296 g/mol. The van der Waals surface area contributed by atoms with Crippen molar-refractivity contribution >= 4 is 28.9 Å². The number of carbonyl (C=O) groups is 1. The molecular formula is C12H10F2N4OS. The number of nitrogens with two attached hydrogens (primary N) is 1. The van der Waals surface area contributed by atoms with E-state index in [9.17, 15) is 13.6 Å². The first-order valence-corrected chi connectivity index (χ1v) is 5.91. The first-order chi connectivity index (χ1) is 9.40. The number of aromatic nitrogens is 2. The van der Waals surface area contributed by atoms with Crippen LogP contribution >= 0.6 is 12.2 Å². The molecule has 0 saturated heterocycles. The SMILES string of the molecule is Cc1cc(C(=O)Nc2[nH]ncc2C(N)=S)c(F)cc1F. The molecule has 1 amide bonds. The minimum Gasteiger partial charge on any atom is -0.389 e. The van der Waals surface area contributed by atoms with Crippen molar-refractivity contribution in [2.45, 2.75) is 6.92 Å². The van der Waals surface area contributed by atoms with E-state index in [1.54, 1.807) is 0 Å². The summed E-state index contributed by atoms with van der Waals surface area (Å²) in [5.74, 6) is -2.28. The molecule has 104 valence electrons. The lowest BCUT2D eigenvalue weighted by Crippen LogP contribution is -2.18. The number of hydrogen-bond acceptors (Lipinski definition) is 3. The van der Waals surface area contributed by atoms with Crippen LogP contribution in [-0.4, -0.2) is 21.1 Å². The molecule has 0 spiro atoms. The van der Waals surface area contributed by atoms with Gasteiger partial charge in [0.2, 0.25) is 0 Å². The van der Waals surface area contributed by atoms with Crippen LogP contribution in [0.5, 0.6) is 0 Å². The highest BCUT2D eigenvalue weighted by Crippen LogP contribution is 2.17. The quantitative estimate of drug-likeness (QED) is 0.755. The van der Waals surface area contributed by atoms with Gasteiger partial charge in [-0.25, -0.2) is 8.78 Å². The molecule has 5 nitrogen and oxygen atoms in total. The first-order valence-electron chi connectivity index (χ1n) is 5.50. The van der Waals surface area contributed by atoms with Gasteiger partial charge in [0.05, 0.1) is 17.3 Å². The van der Waals surface area contributed by atoms with E-state index in [0.717, 1.165) is 6.07 Å². The molecule has 0 unspecified atom stereocenters. The molecule has 0 aliphatic carbocycles. The Labute approximate surface area is 118 Å².